The number of hydrogen-bond acceptors (Lipinski definition) is 23. The van der Waals surface area contributed by atoms with Crippen LogP contribution in [-0.2, 0) is 115 Å². The van der Waals surface area contributed by atoms with Gasteiger partial charge in [0.25, 0.3) is 0 Å². The van der Waals surface area contributed by atoms with Gasteiger partial charge in [0.1, 0.15) is 102 Å². The molecule has 9 rings (SSSR count). The minimum Gasteiger partial charge on any atom is -0.508 e. The van der Waals surface area contributed by atoms with Gasteiger partial charge < -0.3 is 126 Å². The molecule has 16 atom stereocenters. The smallest absolute Gasteiger partial charge is 0.303 e. The van der Waals surface area contributed by atoms with E-state index in [1.54, 1.807) is 82.4 Å². The third-order valence-electron chi connectivity index (χ3n) is 22.1. The number of aliphatic carboxylic acids is 1. The van der Waals surface area contributed by atoms with E-state index in [4.69, 9.17) is 5.73 Å². The molecule has 4 heterocycles. The van der Waals surface area contributed by atoms with E-state index in [2.05, 4.69) is 94.4 Å². The number of aromatic amines is 3. The Bertz CT molecular complexity index is 5400. The number of thioether (sulfide) groups is 1. The first kappa shape index (κ1) is 101. The van der Waals surface area contributed by atoms with E-state index in [-0.39, 0.29) is 54.5 Å². The first-order valence-corrected chi connectivity index (χ1v) is 44.0. The molecule has 0 bridgehead atoms. The Morgan fingerprint density at radius 1 is 0.439 bits per heavy atom. The zero-order valence-electron chi connectivity index (χ0n) is 73.5. The van der Waals surface area contributed by atoms with Gasteiger partial charge in [0.15, 0.2) is 0 Å². The van der Waals surface area contributed by atoms with Gasteiger partial charge >= 0.3 is 5.97 Å². The standard InChI is InChI=1S/C90H113N19O22S/c1-8-46(4)75-89(130)97-47(5)78(119)96-48(6)79(120)100-66(33-51-19-25-57(113)26-20-51)82(123)102-67(34-52-21-27-58(114)28-22-52)87(128)109-76(49(7)111)90(131)105-69(36-54-39-94-62-16-12-10-14-60(54)62)84(125)103-68(35-53-38-93-61-15-11-9-13-59(53)61)83(124)99-63(29-30-74(116)117)80(121)104-70(37-55-40-92-44-95-55)85(126)106-71(41-110)88(129)107-72(77(91)118)42-132-43-73(115)98-65(32-50-17-23-56(112)24-18-50)81(122)101-64(31-45(2)3)86(127)108-75/h9-28,38-40,44-49,63-72,75-76,93-94,110-114H,8,29-37,41-43H2,1-7H3,(H2,91,118)(H,92,95)(H,96,119)(H,97,130)(H,98,115)(H,99,124)(H,100,120)(H,101,122)(H,102,123)(H,103,125)(H,104,121)(H,105,131)(H,106,126)(H,107,129)(H,108,127)(H,109,128)(H,116,117)/t46-,47-,48-,49+,63-,64-,65+,66-,67-,68-,69-,70-,71-,72-,75-,76-/m0/s1. The van der Waals surface area contributed by atoms with Crippen molar-refractivity contribution in [3.8, 4) is 17.2 Å². The maximum atomic E-state index is 15.6. The highest BCUT2D eigenvalue weighted by Crippen LogP contribution is 2.25. The van der Waals surface area contributed by atoms with Crippen molar-refractivity contribution in [2.45, 2.75) is 203 Å². The number of carboxylic acids is 1. The number of phenols is 3. The van der Waals surface area contributed by atoms with Gasteiger partial charge in [-0.15, -0.1) is 11.8 Å². The summed E-state index contributed by atoms with van der Waals surface area (Å²) in [6.45, 7) is 9.37. The quantitative estimate of drug-likeness (QED) is 0.0372. The number of nitrogens with one attached hydrogen (secondary N) is 17. The van der Waals surface area contributed by atoms with Crippen molar-refractivity contribution in [3.63, 3.8) is 0 Å². The number of hydrogen-bond donors (Lipinski definition) is 24. The number of aromatic nitrogens is 4. The third kappa shape index (κ3) is 29.8. The largest absolute Gasteiger partial charge is 0.508 e. The predicted molar refractivity (Wildman–Crippen MR) is 481 cm³/mol. The molecular formula is C90H113N19O22S. The van der Waals surface area contributed by atoms with Crippen LogP contribution in [0.3, 0.4) is 0 Å². The number of primary amides is 1. The van der Waals surface area contributed by atoms with Gasteiger partial charge in [-0.25, -0.2) is 4.98 Å². The summed E-state index contributed by atoms with van der Waals surface area (Å²) in [5, 5.41) is 100. The molecular weight excluding hydrogens is 1730 g/mol. The van der Waals surface area contributed by atoms with Crippen molar-refractivity contribution >= 4 is 128 Å². The van der Waals surface area contributed by atoms with Crippen LogP contribution in [-0.4, -0.2) is 254 Å². The summed E-state index contributed by atoms with van der Waals surface area (Å²) < 4.78 is 0. The van der Waals surface area contributed by atoms with Gasteiger partial charge in [0.05, 0.1) is 30.5 Å². The second kappa shape index (κ2) is 48.3. The van der Waals surface area contributed by atoms with Crippen LogP contribution in [0.2, 0.25) is 0 Å². The Morgan fingerprint density at radius 3 is 1.27 bits per heavy atom. The first-order chi connectivity index (χ1) is 62.8. The summed E-state index contributed by atoms with van der Waals surface area (Å²) in [6.07, 6.45) is 0.276. The molecule has 706 valence electrons. The van der Waals surface area contributed by atoms with E-state index in [0.717, 1.165) is 18.7 Å². The molecule has 15 amide bonds. The number of rotatable bonds is 22. The number of carboxylic acid groups (broad SMARTS) is 1. The number of carbonyl (C=O) groups is 16. The van der Waals surface area contributed by atoms with E-state index in [1.165, 1.54) is 105 Å². The molecule has 0 saturated carbocycles. The molecule has 1 aliphatic rings. The third-order valence-corrected chi connectivity index (χ3v) is 23.1. The van der Waals surface area contributed by atoms with Crippen molar-refractivity contribution in [2.75, 3.05) is 18.1 Å². The van der Waals surface area contributed by atoms with Crippen molar-refractivity contribution in [2.24, 2.45) is 17.6 Å². The molecule has 1 saturated heterocycles. The number of para-hydroxylation sites is 2. The highest BCUT2D eigenvalue weighted by atomic mass is 32.2. The SMILES string of the molecule is CC[C@H](C)[C@@H]1NC(=O)[C@H](CC(C)C)NC(=O)[C@@H](Cc2ccc(O)cc2)NC(=O)CSC[C@@H](C(N)=O)NC(=O)[C@H](CO)NC(=O)[C@H](Cc2c[nH]cn2)NC(=O)[C@H](CCC(=O)O)NC(=O)[C@H](Cc2c[nH]c3ccccc23)NC(=O)[C@H](Cc2c[nH]c3ccccc23)NC(=O)[C@H]([C@@H](C)O)NC(=O)[C@H](Cc2ccc(O)cc2)NC(=O)[C@H](Cc2ccc(O)cc2)NC(=O)[C@H](C)NC(=O)[C@H](C)NC1=O. The molecule has 0 unspecified atom stereocenters. The number of fused-ring (bicyclic) bond motifs is 2. The highest BCUT2D eigenvalue weighted by Gasteiger charge is 2.40. The zero-order chi connectivity index (χ0) is 96.2. The average molecular weight is 1850 g/mol. The number of imidazole rings is 1. The summed E-state index contributed by atoms with van der Waals surface area (Å²) >= 11 is 0.738. The van der Waals surface area contributed by atoms with Crippen LogP contribution in [0.4, 0.5) is 0 Å². The zero-order valence-corrected chi connectivity index (χ0v) is 74.3. The van der Waals surface area contributed by atoms with Gasteiger partial charge in [-0.1, -0.05) is 107 Å². The second-order valence-electron chi connectivity index (χ2n) is 32.9. The van der Waals surface area contributed by atoms with Crippen LogP contribution in [0.1, 0.15) is 108 Å². The molecule has 42 heteroatoms. The lowest BCUT2D eigenvalue weighted by molar-refractivity contribution is -0.139. The number of nitrogens with zero attached hydrogens (tertiary/aromatic N) is 1. The Kier molecular flexibility index (Phi) is 37.1. The number of aromatic hydroxyl groups is 3. The summed E-state index contributed by atoms with van der Waals surface area (Å²) in [5.74, 6) is -19.7. The highest BCUT2D eigenvalue weighted by molar-refractivity contribution is 8.00. The molecule has 132 heavy (non-hydrogen) atoms. The monoisotopic (exact) mass is 1840 g/mol. The second-order valence-corrected chi connectivity index (χ2v) is 33.9. The van der Waals surface area contributed by atoms with Crippen LogP contribution in [0.25, 0.3) is 21.8 Å². The van der Waals surface area contributed by atoms with Crippen molar-refractivity contribution in [1.29, 1.82) is 0 Å². The number of aliphatic hydroxyl groups is 2. The molecule has 3 aromatic heterocycles. The number of H-pyrrole nitrogens is 3. The topological polar surface area (TPSA) is 649 Å². The van der Waals surface area contributed by atoms with Crippen LogP contribution >= 0.6 is 11.8 Å². The number of nitrogens with two attached hydrogens (primary N) is 1. The molecule has 25 N–H and O–H groups in total. The molecule has 5 aromatic carbocycles. The van der Waals surface area contributed by atoms with Crippen LogP contribution in [0.5, 0.6) is 17.2 Å². The van der Waals surface area contributed by atoms with Gasteiger partial charge in [0, 0.05) is 91.1 Å². The summed E-state index contributed by atoms with van der Waals surface area (Å²) in [5.41, 5.74) is 8.91. The van der Waals surface area contributed by atoms with E-state index >= 15 is 24.0 Å². The number of benzene rings is 5. The van der Waals surface area contributed by atoms with Crippen LogP contribution in [0, 0.1) is 11.8 Å². The predicted octanol–water partition coefficient (Wildman–Crippen LogP) is -1.37. The minimum absolute atomic E-state index is 0.0356. The lowest BCUT2D eigenvalue weighted by Gasteiger charge is -2.29. The van der Waals surface area contributed by atoms with Gasteiger partial charge in [-0.2, -0.15) is 0 Å². The van der Waals surface area contributed by atoms with Gasteiger partial charge in [0.2, 0.25) is 88.6 Å². The van der Waals surface area contributed by atoms with Crippen molar-refractivity contribution in [1.82, 2.24) is 94.4 Å². The van der Waals surface area contributed by atoms with Crippen molar-refractivity contribution < 1.29 is 107 Å². The molecule has 0 radical (unpaired) electrons. The fraction of sp³-hybridized carbons (Fsp3) is 0.411. The molecule has 1 fully saturated rings. The maximum absolute atomic E-state index is 15.6. The fourth-order valence-corrected chi connectivity index (χ4v) is 15.4. The summed E-state index contributed by atoms with van der Waals surface area (Å²) in [7, 11) is 0. The lowest BCUT2D eigenvalue weighted by atomic mass is 9.96. The fourth-order valence-electron chi connectivity index (χ4n) is 14.5. The minimum atomic E-state index is -2.01. The Hall–Kier alpha value is -14.4. The van der Waals surface area contributed by atoms with Gasteiger partial charge in [-0.3, -0.25) is 76.7 Å². The van der Waals surface area contributed by atoms with Crippen molar-refractivity contribution in [3.05, 3.63) is 180 Å². The van der Waals surface area contributed by atoms with E-state index < -0.39 is 248 Å². The Morgan fingerprint density at radius 2 is 0.818 bits per heavy atom. The average Bonchev–Trinajstić information content (AvgIpc) is 1.67. The van der Waals surface area contributed by atoms with E-state index in [0.29, 0.717) is 49.6 Å². The molecule has 0 spiro atoms. The molecule has 41 nitrogen and oxygen atoms in total. The molecule has 0 aliphatic carbocycles. The van der Waals surface area contributed by atoms with Gasteiger partial charge in [-0.05, 0) is 122 Å². The maximum Gasteiger partial charge on any atom is 0.303 e. The molecule has 8 aromatic rings. The number of phenolic OH excluding ortho intramolecular Hbond substituents is 3. The Balaban J connectivity index is 1.09. The first-order valence-electron chi connectivity index (χ1n) is 42.9. The number of carbonyl (C=O) groups excluding carboxylic acids is 15. The molecule has 1 aliphatic heterocycles. The number of amides is 15. The van der Waals surface area contributed by atoms with E-state index in [9.17, 15) is 83.4 Å². The van der Waals surface area contributed by atoms with Crippen LogP contribution < -0.4 is 80.2 Å². The van der Waals surface area contributed by atoms with Crippen LogP contribution in [0.15, 0.2) is 146 Å². The Labute approximate surface area is 762 Å². The summed E-state index contributed by atoms with van der Waals surface area (Å²) in [6, 6.07) is 6.75. The van der Waals surface area contributed by atoms with E-state index in [1.807, 2.05) is 0 Å². The lowest BCUT2D eigenvalue weighted by Crippen LogP contribution is -2.63. The summed E-state index contributed by atoms with van der Waals surface area (Å²) in [4.78, 5) is 245. The number of aliphatic hydroxyl groups excluding tert-OH is 2. The normalized spacial score (nSPS) is 23.8.